The Morgan fingerprint density at radius 3 is 2.47 bits per heavy atom. The smallest absolute Gasteiger partial charge is 0.352 e. The fraction of sp³-hybridized carbons (Fsp3) is 0.429. The van der Waals surface area contributed by atoms with Crippen LogP contribution in [0.4, 0.5) is 0 Å². The third-order valence-corrected chi connectivity index (χ3v) is 2.32. The number of carbonyl (C=O) groups is 1. The molecule has 0 saturated heterocycles. The molecule has 0 unspecified atom stereocenters. The normalized spacial score (nSPS) is 11.6. The molecule has 0 radical (unpaired) electrons. The quantitative estimate of drug-likeness (QED) is 0.579. The van der Waals surface area contributed by atoms with E-state index in [-0.39, 0.29) is 5.97 Å². The minimum absolute atomic E-state index is 0.302. The maximum atomic E-state index is 11.7. The molecule has 1 aromatic carbocycles. The van der Waals surface area contributed by atoms with Crippen LogP contribution in [0.3, 0.4) is 0 Å². The van der Waals surface area contributed by atoms with Crippen molar-refractivity contribution in [1.29, 1.82) is 0 Å². The maximum Gasteiger partial charge on any atom is 0.352 e. The molecule has 92 valence electrons. The van der Waals surface area contributed by atoms with Gasteiger partial charge in [-0.2, -0.15) is 0 Å². The highest BCUT2D eigenvalue weighted by Crippen LogP contribution is 2.06. The van der Waals surface area contributed by atoms with E-state index in [2.05, 4.69) is 18.8 Å². The summed E-state index contributed by atoms with van der Waals surface area (Å²) in [7, 11) is 1.63. The molecule has 17 heavy (non-hydrogen) atoms. The van der Waals surface area contributed by atoms with E-state index in [1.165, 1.54) is 0 Å². The van der Waals surface area contributed by atoms with Crippen LogP contribution < -0.4 is 0 Å². The molecule has 0 aliphatic carbocycles. The molecule has 3 heteroatoms. The van der Waals surface area contributed by atoms with Crippen LogP contribution in [-0.4, -0.2) is 18.7 Å². The molecule has 0 amide bonds. The first kappa shape index (κ1) is 13.4. The molecular formula is C14H19NO2. The molecule has 0 aliphatic rings. The van der Waals surface area contributed by atoms with Crippen molar-refractivity contribution in [2.45, 2.75) is 26.9 Å². The van der Waals surface area contributed by atoms with Crippen molar-refractivity contribution in [2.75, 3.05) is 7.05 Å². The van der Waals surface area contributed by atoms with Gasteiger partial charge in [0.2, 0.25) is 0 Å². The second kappa shape index (κ2) is 6.84. The molecule has 0 fully saturated rings. The molecule has 0 aromatic heterocycles. The minimum atomic E-state index is -0.315. The lowest BCUT2D eigenvalue weighted by Gasteiger charge is -2.08. The zero-order valence-electron chi connectivity index (χ0n) is 10.6. The summed E-state index contributed by atoms with van der Waals surface area (Å²) in [5.41, 5.74) is 1.50. The molecule has 0 aliphatic heterocycles. The van der Waals surface area contributed by atoms with Gasteiger partial charge in [0.05, 0.1) is 0 Å². The number of aliphatic imine (C=N–C) groups is 1. The number of esters is 1. The minimum Gasteiger partial charge on any atom is -0.456 e. The highest BCUT2D eigenvalue weighted by atomic mass is 16.5. The van der Waals surface area contributed by atoms with Crippen LogP contribution >= 0.6 is 0 Å². The molecule has 1 rings (SSSR count). The van der Waals surface area contributed by atoms with Crippen LogP contribution in [0, 0.1) is 5.92 Å². The summed E-state index contributed by atoms with van der Waals surface area (Å²) in [6.07, 6.45) is 0.657. The predicted molar refractivity (Wildman–Crippen MR) is 69.1 cm³/mol. The van der Waals surface area contributed by atoms with E-state index >= 15 is 0 Å². The fourth-order valence-corrected chi connectivity index (χ4v) is 1.46. The Morgan fingerprint density at radius 2 is 1.94 bits per heavy atom. The third kappa shape index (κ3) is 4.81. The Bertz CT molecular complexity index is 382. The van der Waals surface area contributed by atoms with E-state index in [0.717, 1.165) is 5.56 Å². The van der Waals surface area contributed by atoms with Crippen LogP contribution in [0.2, 0.25) is 0 Å². The Labute approximate surface area is 103 Å². The van der Waals surface area contributed by atoms with Gasteiger partial charge in [-0.15, -0.1) is 0 Å². The number of rotatable bonds is 5. The van der Waals surface area contributed by atoms with Gasteiger partial charge in [0.1, 0.15) is 12.3 Å². The summed E-state index contributed by atoms with van der Waals surface area (Å²) in [6, 6.07) is 9.64. The zero-order valence-corrected chi connectivity index (χ0v) is 10.6. The second-order valence-electron chi connectivity index (χ2n) is 4.33. The summed E-state index contributed by atoms with van der Waals surface area (Å²) in [4.78, 5) is 15.7. The van der Waals surface area contributed by atoms with Gasteiger partial charge in [-0.05, 0) is 17.9 Å². The van der Waals surface area contributed by atoms with Crippen molar-refractivity contribution in [2.24, 2.45) is 10.9 Å². The SMILES string of the molecule is C/N=C(/CC(C)C)C(=O)OCc1ccccc1. The Hall–Kier alpha value is -1.64. The summed E-state index contributed by atoms with van der Waals surface area (Å²) < 4.78 is 5.21. The van der Waals surface area contributed by atoms with Gasteiger partial charge >= 0.3 is 5.97 Å². The first-order chi connectivity index (χ1) is 8.13. The van der Waals surface area contributed by atoms with Crippen molar-refractivity contribution >= 4 is 11.7 Å². The van der Waals surface area contributed by atoms with Crippen LogP contribution in [0.5, 0.6) is 0 Å². The summed E-state index contributed by atoms with van der Waals surface area (Å²) >= 11 is 0. The zero-order chi connectivity index (χ0) is 12.7. The summed E-state index contributed by atoms with van der Waals surface area (Å²) in [5.74, 6) is 0.0861. The van der Waals surface area contributed by atoms with E-state index in [1.54, 1.807) is 7.05 Å². The van der Waals surface area contributed by atoms with E-state index < -0.39 is 0 Å². The van der Waals surface area contributed by atoms with E-state index in [0.29, 0.717) is 24.7 Å². The molecule has 0 spiro atoms. The van der Waals surface area contributed by atoms with E-state index in [9.17, 15) is 4.79 Å². The van der Waals surface area contributed by atoms with Crippen molar-refractivity contribution in [1.82, 2.24) is 0 Å². The van der Waals surface area contributed by atoms with Gasteiger partial charge in [0.15, 0.2) is 0 Å². The summed E-state index contributed by atoms with van der Waals surface area (Å²) in [5, 5.41) is 0. The monoisotopic (exact) mass is 233 g/mol. The van der Waals surface area contributed by atoms with Crippen LogP contribution in [0.1, 0.15) is 25.8 Å². The number of hydrogen-bond donors (Lipinski definition) is 0. The van der Waals surface area contributed by atoms with Crippen molar-refractivity contribution in [3.05, 3.63) is 35.9 Å². The molecule has 0 saturated carbocycles. The lowest BCUT2D eigenvalue weighted by atomic mass is 10.1. The molecule has 0 atom stereocenters. The highest BCUT2D eigenvalue weighted by molar-refractivity contribution is 6.36. The van der Waals surface area contributed by atoms with E-state index in [1.807, 2.05) is 30.3 Å². The van der Waals surface area contributed by atoms with Crippen LogP contribution in [0.15, 0.2) is 35.3 Å². The maximum absolute atomic E-state index is 11.7. The van der Waals surface area contributed by atoms with Gasteiger partial charge < -0.3 is 4.74 Å². The average molecular weight is 233 g/mol. The van der Waals surface area contributed by atoms with Gasteiger partial charge in [0.25, 0.3) is 0 Å². The molecule has 0 heterocycles. The number of nitrogens with zero attached hydrogens (tertiary/aromatic N) is 1. The van der Waals surface area contributed by atoms with Gasteiger partial charge in [-0.3, -0.25) is 4.99 Å². The molecule has 3 nitrogen and oxygen atoms in total. The van der Waals surface area contributed by atoms with Crippen LogP contribution in [-0.2, 0) is 16.1 Å². The predicted octanol–water partition coefficient (Wildman–Crippen LogP) is 2.85. The van der Waals surface area contributed by atoms with Crippen molar-refractivity contribution < 1.29 is 9.53 Å². The lowest BCUT2D eigenvalue weighted by Crippen LogP contribution is -2.19. The van der Waals surface area contributed by atoms with Crippen molar-refractivity contribution in [3.8, 4) is 0 Å². The van der Waals surface area contributed by atoms with Crippen molar-refractivity contribution in [3.63, 3.8) is 0 Å². The average Bonchev–Trinajstić information content (AvgIpc) is 2.34. The highest BCUT2D eigenvalue weighted by Gasteiger charge is 2.13. The number of ether oxygens (including phenoxy) is 1. The lowest BCUT2D eigenvalue weighted by molar-refractivity contribution is -0.137. The first-order valence-corrected chi connectivity index (χ1v) is 5.80. The van der Waals surface area contributed by atoms with Gasteiger partial charge in [-0.1, -0.05) is 44.2 Å². The molecular weight excluding hydrogens is 214 g/mol. The Kier molecular flexibility index (Phi) is 5.40. The van der Waals surface area contributed by atoms with Gasteiger partial charge in [0, 0.05) is 7.05 Å². The molecule has 0 N–H and O–H groups in total. The fourth-order valence-electron chi connectivity index (χ4n) is 1.46. The number of benzene rings is 1. The summed E-state index contributed by atoms with van der Waals surface area (Å²) in [6.45, 7) is 4.40. The Balaban J connectivity index is 2.49. The second-order valence-corrected chi connectivity index (χ2v) is 4.33. The molecule has 0 bridgehead atoms. The standard InChI is InChI=1S/C14H19NO2/c1-11(2)9-13(15-3)14(16)17-10-12-7-5-4-6-8-12/h4-8,11H,9-10H2,1-3H3/b15-13-. The largest absolute Gasteiger partial charge is 0.456 e. The third-order valence-electron chi connectivity index (χ3n) is 2.32. The van der Waals surface area contributed by atoms with E-state index in [4.69, 9.17) is 4.74 Å². The van der Waals surface area contributed by atoms with Gasteiger partial charge in [-0.25, -0.2) is 4.79 Å². The topological polar surface area (TPSA) is 38.7 Å². The number of hydrogen-bond acceptors (Lipinski definition) is 3. The Morgan fingerprint density at radius 1 is 1.29 bits per heavy atom. The van der Waals surface area contributed by atoms with Crippen LogP contribution in [0.25, 0.3) is 0 Å². The molecule has 1 aromatic rings. The first-order valence-electron chi connectivity index (χ1n) is 5.80. The number of carbonyl (C=O) groups excluding carboxylic acids is 1.